The third-order valence-electron chi connectivity index (χ3n) is 4.34. The molecule has 28 heavy (non-hydrogen) atoms. The van der Waals surface area contributed by atoms with E-state index in [2.05, 4.69) is 37.9 Å². The van der Waals surface area contributed by atoms with Gasteiger partial charge in [0.15, 0.2) is 11.5 Å². The third-order valence-corrected chi connectivity index (χ3v) is 5.04. The highest BCUT2D eigenvalue weighted by molar-refractivity contribution is 7.08. The van der Waals surface area contributed by atoms with Gasteiger partial charge in [-0.15, -0.1) is 0 Å². The van der Waals surface area contributed by atoms with Crippen LogP contribution in [-0.4, -0.2) is 43.2 Å². The summed E-state index contributed by atoms with van der Waals surface area (Å²) in [6.07, 6.45) is 3.31. The highest BCUT2D eigenvalue weighted by atomic mass is 32.1. The van der Waals surface area contributed by atoms with Crippen LogP contribution in [0.15, 0.2) is 41.1 Å². The summed E-state index contributed by atoms with van der Waals surface area (Å²) < 4.78 is 11.4. The van der Waals surface area contributed by atoms with Crippen molar-refractivity contribution in [3.63, 3.8) is 0 Å². The number of nitrogens with zero attached hydrogens (tertiary/aromatic N) is 1. The van der Waals surface area contributed by atoms with E-state index in [1.165, 1.54) is 6.08 Å². The number of carbonyl (C=O) groups excluding carboxylic acids is 1. The van der Waals surface area contributed by atoms with Gasteiger partial charge in [0.1, 0.15) is 6.61 Å². The van der Waals surface area contributed by atoms with Gasteiger partial charge in [0, 0.05) is 36.5 Å². The SMILES string of the molecule is COc1ccc(NC(=O)/C=C/c2ccsc2)cc1OCCN(C(C)C)C(C)C. The number of hydrogen-bond acceptors (Lipinski definition) is 5. The van der Waals surface area contributed by atoms with E-state index in [0.29, 0.717) is 35.9 Å². The molecule has 0 fully saturated rings. The second-order valence-electron chi connectivity index (χ2n) is 7.02. The van der Waals surface area contributed by atoms with Crippen LogP contribution in [-0.2, 0) is 4.79 Å². The lowest BCUT2D eigenvalue weighted by Crippen LogP contribution is -2.39. The first-order chi connectivity index (χ1) is 13.4. The molecule has 0 unspecified atom stereocenters. The molecule has 0 aliphatic carbocycles. The summed E-state index contributed by atoms with van der Waals surface area (Å²) in [6, 6.07) is 8.26. The maximum absolute atomic E-state index is 12.2. The van der Waals surface area contributed by atoms with E-state index in [0.717, 1.165) is 12.1 Å². The molecule has 1 aromatic heterocycles. The van der Waals surface area contributed by atoms with Crippen LogP contribution in [0.2, 0.25) is 0 Å². The van der Waals surface area contributed by atoms with Crippen molar-refractivity contribution in [3.05, 3.63) is 46.7 Å². The first kappa shape index (κ1) is 22.0. The van der Waals surface area contributed by atoms with E-state index in [1.807, 2.05) is 16.8 Å². The summed E-state index contributed by atoms with van der Waals surface area (Å²) in [5.41, 5.74) is 1.68. The fourth-order valence-electron chi connectivity index (χ4n) is 2.97. The molecular formula is C22H30N2O3S. The molecule has 1 heterocycles. The lowest BCUT2D eigenvalue weighted by molar-refractivity contribution is -0.111. The molecule has 152 valence electrons. The van der Waals surface area contributed by atoms with Crippen LogP contribution in [0.5, 0.6) is 11.5 Å². The minimum absolute atomic E-state index is 0.187. The smallest absolute Gasteiger partial charge is 0.248 e. The zero-order valence-electron chi connectivity index (χ0n) is 17.3. The van der Waals surface area contributed by atoms with Gasteiger partial charge in [0.05, 0.1) is 7.11 Å². The molecule has 0 atom stereocenters. The molecule has 0 bridgehead atoms. The molecule has 0 aliphatic heterocycles. The molecule has 0 radical (unpaired) electrons. The Labute approximate surface area is 172 Å². The second-order valence-corrected chi connectivity index (χ2v) is 7.80. The normalized spacial score (nSPS) is 11.6. The Morgan fingerprint density at radius 3 is 2.54 bits per heavy atom. The number of benzene rings is 1. The van der Waals surface area contributed by atoms with Crippen molar-refractivity contribution in [2.45, 2.75) is 39.8 Å². The maximum atomic E-state index is 12.2. The number of carbonyl (C=O) groups is 1. The standard InChI is InChI=1S/C22H30N2O3S/c1-16(2)24(17(3)4)11-12-27-21-14-19(7-8-20(21)26-5)23-22(25)9-6-18-10-13-28-15-18/h6-10,13-17H,11-12H2,1-5H3,(H,23,25)/b9-6+. The zero-order valence-corrected chi connectivity index (χ0v) is 18.1. The van der Waals surface area contributed by atoms with E-state index in [1.54, 1.807) is 42.7 Å². The topological polar surface area (TPSA) is 50.8 Å². The van der Waals surface area contributed by atoms with Crippen molar-refractivity contribution in [2.24, 2.45) is 0 Å². The van der Waals surface area contributed by atoms with Crippen molar-refractivity contribution in [2.75, 3.05) is 25.6 Å². The average Bonchev–Trinajstić information content (AvgIpc) is 3.16. The summed E-state index contributed by atoms with van der Waals surface area (Å²) in [5.74, 6) is 1.08. The molecular weight excluding hydrogens is 372 g/mol. The number of thiophene rings is 1. The summed E-state index contributed by atoms with van der Waals surface area (Å²) >= 11 is 1.60. The lowest BCUT2D eigenvalue weighted by atomic mass is 10.2. The Balaban J connectivity index is 1.99. The van der Waals surface area contributed by atoms with Gasteiger partial charge in [-0.2, -0.15) is 11.3 Å². The van der Waals surface area contributed by atoms with E-state index >= 15 is 0 Å². The summed E-state index contributed by atoms with van der Waals surface area (Å²) in [4.78, 5) is 14.5. The average molecular weight is 403 g/mol. The number of rotatable bonds is 10. The van der Waals surface area contributed by atoms with E-state index in [-0.39, 0.29) is 5.91 Å². The number of nitrogens with one attached hydrogen (secondary N) is 1. The van der Waals surface area contributed by atoms with Crippen LogP contribution < -0.4 is 14.8 Å². The number of ether oxygens (including phenoxy) is 2. The van der Waals surface area contributed by atoms with E-state index in [9.17, 15) is 4.79 Å². The van der Waals surface area contributed by atoms with Gasteiger partial charge in [0.2, 0.25) is 5.91 Å². The van der Waals surface area contributed by atoms with Gasteiger partial charge in [-0.3, -0.25) is 9.69 Å². The van der Waals surface area contributed by atoms with Gasteiger partial charge >= 0.3 is 0 Å². The first-order valence-electron chi connectivity index (χ1n) is 9.48. The number of amides is 1. The molecule has 1 N–H and O–H groups in total. The van der Waals surface area contributed by atoms with Gasteiger partial charge in [-0.1, -0.05) is 0 Å². The Bertz CT molecular complexity index is 762. The van der Waals surface area contributed by atoms with Gasteiger partial charge in [-0.25, -0.2) is 0 Å². The van der Waals surface area contributed by atoms with Crippen molar-refractivity contribution in [1.82, 2.24) is 4.90 Å². The van der Waals surface area contributed by atoms with Crippen molar-refractivity contribution >= 4 is 29.0 Å². The van der Waals surface area contributed by atoms with Crippen molar-refractivity contribution < 1.29 is 14.3 Å². The number of hydrogen-bond donors (Lipinski definition) is 1. The van der Waals surface area contributed by atoms with E-state index < -0.39 is 0 Å². The molecule has 2 rings (SSSR count). The molecule has 1 aromatic carbocycles. The van der Waals surface area contributed by atoms with Gasteiger partial charge in [-0.05, 0) is 68.3 Å². The van der Waals surface area contributed by atoms with Crippen LogP contribution in [0, 0.1) is 0 Å². The lowest BCUT2D eigenvalue weighted by Gasteiger charge is -2.30. The minimum Gasteiger partial charge on any atom is -0.493 e. The molecule has 0 saturated carbocycles. The van der Waals surface area contributed by atoms with Crippen LogP contribution in [0.3, 0.4) is 0 Å². The largest absolute Gasteiger partial charge is 0.493 e. The Morgan fingerprint density at radius 2 is 1.93 bits per heavy atom. The van der Waals surface area contributed by atoms with Crippen LogP contribution in [0.25, 0.3) is 6.08 Å². The van der Waals surface area contributed by atoms with Crippen LogP contribution in [0.1, 0.15) is 33.3 Å². The fraction of sp³-hybridized carbons (Fsp3) is 0.409. The Hall–Kier alpha value is -2.31. The zero-order chi connectivity index (χ0) is 20.5. The number of anilines is 1. The molecule has 6 heteroatoms. The van der Waals surface area contributed by atoms with Crippen molar-refractivity contribution in [1.29, 1.82) is 0 Å². The quantitative estimate of drug-likeness (QED) is 0.574. The van der Waals surface area contributed by atoms with E-state index in [4.69, 9.17) is 9.47 Å². The van der Waals surface area contributed by atoms with Gasteiger partial charge in [0.25, 0.3) is 0 Å². The molecule has 0 spiro atoms. The maximum Gasteiger partial charge on any atom is 0.248 e. The summed E-state index contributed by atoms with van der Waals surface area (Å²) in [6.45, 7) is 10.1. The highest BCUT2D eigenvalue weighted by Crippen LogP contribution is 2.30. The Kier molecular flexibility index (Phi) is 8.54. The summed E-state index contributed by atoms with van der Waals surface area (Å²) in [5, 5.41) is 6.83. The first-order valence-corrected chi connectivity index (χ1v) is 10.4. The third kappa shape index (κ3) is 6.69. The molecule has 1 amide bonds. The molecule has 0 aliphatic rings. The van der Waals surface area contributed by atoms with Crippen molar-refractivity contribution in [3.8, 4) is 11.5 Å². The highest BCUT2D eigenvalue weighted by Gasteiger charge is 2.14. The predicted octanol–water partition coefficient (Wildman–Crippen LogP) is 4.91. The van der Waals surface area contributed by atoms with Crippen LogP contribution in [0.4, 0.5) is 5.69 Å². The van der Waals surface area contributed by atoms with Crippen LogP contribution >= 0.6 is 11.3 Å². The number of methoxy groups -OCH3 is 1. The molecule has 0 saturated heterocycles. The fourth-order valence-corrected chi connectivity index (χ4v) is 3.60. The Morgan fingerprint density at radius 1 is 1.18 bits per heavy atom. The monoisotopic (exact) mass is 402 g/mol. The minimum atomic E-state index is -0.187. The molecule has 2 aromatic rings. The molecule has 5 nitrogen and oxygen atoms in total. The second kappa shape index (κ2) is 10.9. The summed E-state index contributed by atoms with van der Waals surface area (Å²) in [7, 11) is 1.61. The predicted molar refractivity (Wildman–Crippen MR) is 117 cm³/mol. The van der Waals surface area contributed by atoms with Gasteiger partial charge < -0.3 is 14.8 Å².